The number of benzene rings is 1. The molecular formula is C18H18N2O. The first-order chi connectivity index (χ1) is 9.93. The van der Waals surface area contributed by atoms with Gasteiger partial charge in [0.1, 0.15) is 5.65 Å². The van der Waals surface area contributed by atoms with Crippen LogP contribution in [0.4, 0.5) is 0 Å². The molecule has 3 heteroatoms. The fraction of sp³-hybridized carbons (Fsp3) is 0.222. The van der Waals surface area contributed by atoms with Crippen molar-refractivity contribution < 1.29 is 0 Å². The SMILES string of the molecule is CC(C)(C)c1ccc(-c2cnc3[nH]c(=O)ccc3c2)cc1. The van der Waals surface area contributed by atoms with Crippen molar-refractivity contribution >= 4 is 11.0 Å². The maximum absolute atomic E-state index is 11.3. The highest BCUT2D eigenvalue weighted by Crippen LogP contribution is 2.26. The Labute approximate surface area is 123 Å². The molecule has 2 aromatic heterocycles. The monoisotopic (exact) mass is 278 g/mol. The number of pyridine rings is 2. The van der Waals surface area contributed by atoms with Crippen LogP contribution in [0.5, 0.6) is 0 Å². The van der Waals surface area contributed by atoms with Gasteiger partial charge in [0, 0.05) is 23.2 Å². The summed E-state index contributed by atoms with van der Waals surface area (Å²) in [4.78, 5) is 18.3. The van der Waals surface area contributed by atoms with Crippen LogP contribution in [0.2, 0.25) is 0 Å². The lowest BCUT2D eigenvalue weighted by molar-refractivity contribution is 0.590. The molecule has 21 heavy (non-hydrogen) atoms. The first-order valence-electron chi connectivity index (χ1n) is 7.03. The van der Waals surface area contributed by atoms with E-state index in [9.17, 15) is 4.79 Å². The average molecular weight is 278 g/mol. The van der Waals surface area contributed by atoms with Gasteiger partial charge in [-0.1, -0.05) is 45.0 Å². The van der Waals surface area contributed by atoms with Gasteiger partial charge in [-0.2, -0.15) is 0 Å². The van der Waals surface area contributed by atoms with Crippen LogP contribution in [0.3, 0.4) is 0 Å². The number of H-pyrrole nitrogens is 1. The molecule has 0 spiro atoms. The van der Waals surface area contributed by atoms with Gasteiger partial charge in [-0.15, -0.1) is 0 Å². The summed E-state index contributed by atoms with van der Waals surface area (Å²) in [7, 11) is 0. The third-order valence-corrected chi connectivity index (χ3v) is 3.66. The van der Waals surface area contributed by atoms with Crippen LogP contribution in [-0.4, -0.2) is 9.97 Å². The Morgan fingerprint density at radius 2 is 1.67 bits per heavy atom. The summed E-state index contributed by atoms with van der Waals surface area (Å²) in [5.41, 5.74) is 4.14. The van der Waals surface area contributed by atoms with Crippen LogP contribution in [0, 0.1) is 0 Å². The van der Waals surface area contributed by atoms with Gasteiger partial charge in [0.15, 0.2) is 0 Å². The third kappa shape index (κ3) is 2.72. The summed E-state index contributed by atoms with van der Waals surface area (Å²) < 4.78 is 0. The molecule has 0 saturated carbocycles. The van der Waals surface area contributed by atoms with E-state index in [4.69, 9.17) is 0 Å². The molecule has 1 N–H and O–H groups in total. The molecular weight excluding hydrogens is 260 g/mol. The summed E-state index contributed by atoms with van der Waals surface area (Å²) in [5.74, 6) is 0. The number of nitrogens with one attached hydrogen (secondary N) is 1. The van der Waals surface area contributed by atoms with Crippen molar-refractivity contribution in [3.8, 4) is 11.1 Å². The quantitative estimate of drug-likeness (QED) is 0.734. The molecule has 0 aliphatic rings. The Morgan fingerprint density at radius 1 is 0.952 bits per heavy atom. The van der Waals surface area contributed by atoms with E-state index in [1.807, 2.05) is 6.07 Å². The fourth-order valence-corrected chi connectivity index (χ4v) is 2.36. The number of hydrogen-bond acceptors (Lipinski definition) is 2. The van der Waals surface area contributed by atoms with Gasteiger partial charge in [-0.25, -0.2) is 4.98 Å². The van der Waals surface area contributed by atoms with E-state index in [1.165, 1.54) is 11.6 Å². The Balaban J connectivity index is 2.04. The summed E-state index contributed by atoms with van der Waals surface area (Å²) in [6.45, 7) is 6.61. The summed E-state index contributed by atoms with van der Waals surface area (Å²) in [6, 6.07) is 13.9. The van der Waals surface area contributed by atoms with Crippen molar-refractivity contribution in [3.63, 3.8) is 0 Å². The van der Waals surface area contributed by atoms with E-state index in [0.29, 0.717) is 5.65 Å². The first kappa shape index (κ1) is 13.6. The number of aromatic amines is 1. The highest BCUT2D eigenvalue weighted by Gasteiger charge is 2.13. The van der Waals surface area contributed by atoms with Crippen LogP contribution in [0.25, 0.3) is 22.2 Å². The minimum absolute atomic E-state index is 0.128. The summed E-state index contributed by atoms with van der Waals surface area (Å²) in [6.07, 6.45) is 1.80. The minimum Gasteiger partial charge on any atom is -0.307 e. The Bertz CT molecular complexity index is 839. The van der Waals surface area contributed by atoms with Crippen LogP contribution in [0.15, 0.2) is 53.5 Å². The second-order valence-corrected chi connectivity index (χ2v) is 6.31. The van der Waals surface area contributed by atoms with Crippen molar-refractivity contribution in [2.45, 2.75) is 26.2 Å². The lowest BCUT2D eigenvalue weighted by Crippen LogP contribution is -2.10. The molecule has 0 saturated heterocycles. The third-order valence-electron chi connectivity index (χ3n) is 3.66. The molecule has 3 nitrogen and oxygen atoms in total. The normalized spacial score (nSPS) is 11.8. The molecule has 3 rings (SSSR count). The second kappa shape index (κ2) is 4.85. The van der Waals surface area contributed by atoms with Crippen LogP contribution in [0.1, 0.15) is 26.3 Å². The zero-order valence-electron chi connectivity index (χ0n) is 12.5. The van der Waals surface area contributed by atoms with Crippen molar-refractivity contribution in [2.24, 2.45) is 0 Å². The standard InChI is InChI=1S/C18H18N2O/c1-18(2,3)15-7-4-12(5-8-15)14-10-13-6-9-16(21)20-17(13)19-11-14/h4-11H,1-3H3,(H,19,20,21). The second-order valence-electron chi connectivity index (χ2n) is 6.31. The molecule has 106 valence electrons. The first-order valence-corrected chi connectivity index (χ1v) is 7.03. The molecule has 3 aromatic rings. The Hall–Kier alpha value is -2.42. The van der Waals surface area contributed by atoms with Gasteiger partial charge >= 0.3 is 0 Å². The van der Waals surface area contributed by atoms with E-state index < -0.39 is 0 Å². The molecule has 0 atom stereocenters. The highest BCUT2D eigenvalue weighted by atomic mass is 16.1. The maximum Gasteiger partial charge on any atom is 0.249 e. The van der Waals surface area contributed by atoms with E-state index in [-0.39, 0.29) is 11.0 Å². The topological polar surface area (TPSA) is 45.8 Å². The lowest BCUT2D eigenvalue weighted by atomic mass is 9.86. The molecule has 1 aromatic carbocycles. The predicted octanol–water partition coefficient (Wildman–Crippen LogP) is 3.89. The van der Waals surface area contributed by atoms with E-state index >= 15 is 0 Å². The lowest BCUT2D eigenvalue weighted by Gasteiger charge is -2.19. The number of rotatable bonds is 1. The van der Waals surface area contributed by atoms with Gasteiger partial charge in [0.25, 0.3) is 0 Å². The molecule has 0 amide bonds. The number of hydrogen-bond donors (Lipinski definition) is 1. The largest absolute Gasteiger partial charge is 0.307 e. The molecule has 0 aliphatic heterocycles. The molecule has 0 radical (unpaired) electrons. The van der Waals surface area contributed by atoms with Crippen molar-refractivity contribution in [1.29, 1.82) is 0 Å². The van der Waals surface area contributed by atoms with Gasteiger partial charge < -0.3 is 4.98 Å². The summed E-state index contributed by atoms with van der Waals surface area (Å²) in [5, 5.41) is 0.937. The van der Waals surface area contributed by atoms with Crippen LogP contribution in [-0.2, 0) is 5.41 Å². The predicted molar refractivity (Wildman–Crippen MR) is 86.5 cm³/mol. The van der Waals surface area contributed by atoms with Gasteiger partial charge in [-0.05, 0) is 28.7 Å². The minimum atomic E-state index is -0.128. The molecule has 0 aliphatic carbocycles. The molecule has 0 bridgehead atoms. The van der Waals surface area contributed by atoms with Gasteiger partial charge in [0.05, 0.1) is 0 Å². The smallest absolute Gasteiger partial charge is 0.249 e. The van der Waals surface area contributed by atoms with Crippen molar-refractivity contribution in [3.05, 3.63) is 64.6 Å². The zero-order valence-corrected chi connectivity index (χ0v) is 12.5. The van der Waals surface area contributed by atoms with E-state index in [0.717, 1.165) is 16.5 Å². The maximum atomic E-state index is 11.3. The average Bonchev–Trinajstić information content (AvgIpc) is 2.46. The van der Waals surface area contributed by atoms with Gasteiger partial charge in [-0.3, -0.25) is 4.79 Å². The van der Waals surface area contributed by atoms with E-state index in [1.54, 1.807) is 12.3 Å². The van der Waals surface area contributed by atoms with Crippen molar-refractivity contribution in [2.75, 3.05) is 0 Å². The van der Waals surface area contributed by atoms with Crippen molar-refractivity contribution in [1.82, 2.24) is 9.97 Å². The summed E-state index contributed by atoms with van der Waals surface area (Å²) >= 11 is 0. The number of fused-ring (bicyclic) bond motifs is 1. The Morgan fingerprint density at radius 3 is 2.33 bits per heavy atom. The molecule has 0 unspecified atom stereocenters. The van der Waals surface area contributed by atoms with Crippen LogP contribution < -0.4 is 5.56 Å². The molecule has 2 heterocycles. The number of aromatic nitrogens is 2. The van der Waals surface area contributed by atoms with Gasteiger partial charge in [0.2, 0.25) is 5.56 Å². The fourth-order valence-electron chi connectivity index (χ4n) is 2.36. The van der Waals surface area contributed by atoms with E-state index in [2.05, 4.69) is 55.0 Å². The Kier molecular flexibility index (Phi) is 3.13. The molecule has 0 fully saturated rings. The highest BCUT2D eigenvalue weighted by molar-refractivity contribution is 5.80. The number of nitrogens with zero attached hydrogens (tertiary/aromatic N) is 1. The zero-order chi connectivity index (χ0) is 15.0. The van der Waals surface area contributed by atoms with Crippen LogP contribution >= 0.6 is 0 Å².